The van der Waals surface area contributed by atoms with Gasteiger partial charge in [-0.1, -0.05) is 83.5 Å². The number of anilines is 1. The average molecular weight is 510 g/mol. The number of aromatic nitrogens is 2. The molecule has 3 nitrogen and oxygen atoms in total. The van der Waals surface area contributed by atoms with E-state index in [4.69, 9.17) is 23.8 Å². The molecule has 2 aromatic heterocycles. The van der Waals surface area contributed by atoms with Gasteiger partial charge in [-0.2, -0.15) is 0 Å². The first-order chi connectivity index (χ1) is 17.5. The molecule has 1 N–H and O–H groups in total. The van der Waals surface area contributed by atoms with Gasteiger partial charge in [-0.05, 0) is 68.5 Å². The van der Waals surface area contributed by atoms with E-state index in [0.717, 1.165) is 52.8 Å². The molecule has 6 rings (SSSR count). The molecule has 5 aromatic rings. The molecule has 0 amide bonds. The third-order valence-corrected chi connectivity index (χ3v) is 7.69. The Balaban J connectivity index is 1.60. The minimum atomic E-state index is 0.721. The van der Waals surface area contributed by atoms with Gasteiger partial charge < -0.3 is 9.88 Å². The van der Waals surface area contributed by atoms with Crippen LogP contribution in [0.15, 0.2) is 79.0 Å². The average Bonchev–Trinajstić information content (AvgIpc) is 3.29. The molecule has 0 fully saturated rings. The zero-order valence-corrected chi connectivity index (χ0v) is 22.1. The molecule has 3 aromatic carbocycles. The van der Waals surface area contributed by atoms with Gasteiger partial charge in [-0.3, -0.25) is 4.40 Å². The maximum Gasteiger partial charge on any atom is 0.128 e. The Morgan fingerprint density at radius 1 is 0.833 bits per heavy atom. The van der Waals surface area contributed by atoms with E-state index in [1.165, 1.54) is 39.2 Å². The summed E-state index contributed by atoms with van der Waals surface area (Å²) in [7, 11) is 0. The monoisotopic (exact) mass is 509 g/mol. The van der Waals surface area contributed by atoms with Gasteiger partial charge in [-0.25, -0.2) is 0 Å². The topological polar surface area (TPSA) is 21.4 Å². The number of nitrogens with zero attached hydrogens (tertiary/aromatic N) is 2. The summed E-state index contributed by atoms with van der Waals surface area (Å²) in [6.07, 6.45) is 5.59. The van der Waals surface area contributed by atoms with Crippen LogP contribution >= 0.6 is 23.8 Å². The molecule has 0 radical (unpaired) electrons. The maximum atomic E-state index is 6.27. The van der Waals surface area contributed by atoms with E-state index in [0.29, 0.717) is 0 Å². The number of benzene rings is 3. The Hall–Kier alpha value is -3.34. The molecule has 0 bridgehead atoms. The van der Waals surface area contributed by atoms with Crippen molar-refractivity contribution in [3.63, 3.8) is 0 Å². The molecular weight excluding hydrogens is 482 g/mol. The van der Waals surface area contributed by atoms with Crippen LogP contribution in [0.3, 0.4) is 0 Å². The molecule has 0 saturated heterocycles. The second kappa shape index (κ2) is 9.27. The largest absolute Gasteiger partial charge is 0.345 e. The SMILES string of the molecule is Cc1ccc(NC(=S)c2c(-c3ccc(Cl)cc3)c3c4n(c(-c5ccc(C)cc5)cn24)CCCC3)cc1. The van der Waals surface area contributed by atoms with Crippen LogP contribution in [-0.4, -0.2) is 14.0 Å². The molecule has 0 saturated carbocycles. The summed E-state index contributed by atoms with van der Waals surface area (Å²) in [6, 6.07) is 25.4. The third kappa shape index (κ3) is 4.04. The number of thiocarbonyl (C=S) groups is 1. The van der Waals surface area contributed by atoms with Crippen LogP contribution in [0, 0.1) is 13.8 Å². The quantitative estimate of drug-likeness (QED) is 0.245. The lowest BCUT2D eigenvalue weighted by atomic mass is 9.98. The number of hydrogen-bond acceptors (Lipinski definition) is 1. The van der Waals surface area contributed by atoms with Gasteiger partial charge in [0, 0.05) is 34.6 Å². The van der Waals surface area contributed by atoms with Gasteiger partial charge in [0.1, 0.15) is 10.6 Å². The highest BCUT2D eigenvalue weighted by Crippen LogP contribution is 2.40. The summed E-state index contributed by atoms with van der Waals surface area (Å²) in [5, 5.41) is 4.26. The van der Waals surface area contributed by atoms with Gasteiger partial charge in [0.15, 0.2) is 0 Å². The number of hydrogen-bond donors (Lipinski definition) is 1. The van der Waals surface area contributed by atoms with Crippen LogP contribution in [0.2, 0.25) is 5.02 Å². The van der Waals surface area contributed by atoms with Crippen LogP contribution in [0.25, 0.3) is 28.0 Å². The van der Waals surface area contributed by atoms with Crippen molar-refractivity contribution in [3.05, 3.63) is 106 Å². The molecule has 0 atom stereocenters. The van der Waals surface area contributed by atoms with Crippen molar-refractivity contribution in [2.45, 2.75) is 39.7 Å². The Labute approximate surface area is 222 Å². The van der Waals surface area contributed by atoms with Gasteiger partial charge in [-0.15, -0.1) is 0 Å². The lowest BCUT2D eigenvalue weighted by Gasteiger charge is -2.12. The van der Waals surface area contributed by atoms with Gasteiger partial charge in [0.05, 0.1) is 11.4 Å². The molecule has 0 unspecified atom stereocenters. The normalized spacial score (nSPS) is 13.1. The van der Waals surface area contributed by atoms with Crippen molar-refractivity contribution in [2.75, 3.05) is 5.32 Å². The van der Waals surface area contributed by atoms with Crippen molar-refractivity contribution >= 4 is 40.1 Å². The van der Waals surface area contributed by atoms with Crippen molar-refractivity contribution < 1.29 is 0 Å². The van der Waals surface area contributed by atoms with Gasteiger partial charge in [0.25, 0.3) is 0 Å². The number of nitrogens with one attached hydrogen (secondary N) is 1. The minimum Gasteiger partial charge on any atom is -0.345 e. The van der Waals surface area contributed by atoms with Gasteiger partial charge in [0.2, 0.25) is 0 Å². The summed E-state index contributed by atoms with van der Waals surface area (Å²) in [5.74, 6) is 0. The summed E-state index contributed by atoms with van der Waals surface area (Å²) >= 11 is 12.4. The second-order valence-electron chi connectivity index (χ2n) is 9.71. The molecule has 36 heavy (non-hydrogen) atoms. The van der Waals surface area contributed by atoms with E-state index in [-0.39, 0.29) is 0 Å². The van der Waals surface area contributed by atoms with Crippen molar-refractivity contribution in [1.29, 1.82) is 0 Å². The number of aryl methyl sites for hydroxylation is 4. The third-order valence-electron chi connectivity index (χ3n) is 7.14. The molecule has 1 aliphatic rings. The summed E-state index contributed by atoms with van der Waals surface area (Å²) in [4.78, 5) is 0.721. The van der Waals surface area contributed by atoms with E-state index < -0.39 is 0 Å². The van der Waals surface area contributed by atoms with Gasteiger partial charge >= 0.3 is 0 Å². The van der Waals surface area contributed by atoms with Crippen LogP contribution in [0.1, 0.15) is 35.2 Å². The predicted octanol–water partition coefficient (Wildman–Crippen LogP) is 8.47. The van der Waals surface area contributed by atoms with E-state index in [1.54, 1.807) is 0 Å². The molecule has 3 heterocycles. The van der Waals surface area contributed by atoms with Crippen LogP contribution in [0.4, 0.5) is 5.69 Å². The van der Waals surface area contributed by atoms with Crippen molar-refractivity contribution in [1.82, 2.24) is 8.97 Å². The minimum absolute atomic E-state index is 0.721. The van der Waals surface area contributed by atoms with E-state index in [1.807, 2.05) is 12.1 Å². The smallest absolute Gasteiger partial charge is 0.128 e. The highest BCUT2D eigenvalue weighted by molar-refractivity contribution is 7.81. The van der Waals surface area contributed by atoms with Crippen molar-refractivity contribution in [3.8, 4) is 22.4 Å². The molecule has 0 spiro atoms. The fraction of sp³-hybridized carbons (Fsp3) is 0.194. The highest BCUT2D eigenvalue weighted by Gasteiger charge is 2.28. The summed E-state index contributed by atoms with van der Waals surface area (Å²) in [5.41, 5.74) is 11.9. The fourth-order valence-corrected chi connectivity index (χ4v) is 5.76. The molecular formula is C31H28ClN3S. The number of halogens is 1. The molecule has 1 aliphatic heterocycles. The first-order valence-corrected chi connectivity index (χ1v) is 13.3. The summed E-state index contributed by atoms with van der Waals surface area (Å²) < 4.78 is 4.81. The van der Waals surface area contributed by atoms with Crippen LogP contribution in [-0.2, 0) is 13.0 Å². The zero-order chi connectivity index (χ0) is 24.8. The van der Waals surface area contributed by atoms with Crippen LogP contribution < -0.4 is 5.32 Å². The molecule has 180 valence electrons. The van der Waals surface area contributed by atoms with E-state index in [9.17, 15) is 0 Å². The van der Waals surface area contributed by atoms with Crippen LogP contribution in [0.5, 0.6) is 0 Å². The van der Waals surface area contributed by atoms with E-state index >= 15 is 0 Å². The second-order valence-corrected chi connectivity index (χ2v) is 10.6. The number of rotatable bonds is 4. The molecule has 0 aliphatic carbocycles. The molecule has 5 heteroatoms. The fourth-order valence-electron chi connectivity index (χ4n) is 5.32. The lowest BCUT2D eigenvalue weighted by Crippen LogP contribution is -2.14. The highest BCUT2D eigenvalue weighted by atomic mass is 35.5. The first kappa shape index (κ1) is 23.1. The summed E-state index contributed by atoms with van der Waals surface area (Å²) in [6.45, 7) is 5.22. The Morgan fingerprint density at radius 3 is 2.17 bits per heavy atom. The van der Waals surface area contributed by atoms with Crippen molar-refractivity contribution in [2.24, 2.45) is 0 Å². The Morgan fingerprint density at radius 2 is 1.47 bits per heavy atom. The number of imidazole rings is 1. The van der Waals surface area contributed by atoms with E-state index in [2.05, 4.69) is 95.0 Å². The predicted molar refractivity (Wildman–Crippen MR) is 155 cm³/mol. The lowest BCUT2D eigenvalue weighted by molar-refractivity contribution is 0.647. The Bertz CT molecular complexity index is 1570. The zero-order valence-electron chi connectivity index (χ0n) is 20.5. The first-order valence-electron chi connectivity index (χ1n) is 12.5. The Kier molecular flexibility index (Phi) is 5.94. The maximum absolute atomic E-state index is 6.27. The standard InChI is InChI=1S/C31H28ClN3S/c1-20-6-10-22(11-7-20)27-19-35-29(30(36)33-25-16-8-21(2)9-17-25)28(23-12-14-24(32)15-13-23)26-5-3-4-18-34(27)31(26)35/h6-17,19H,3-5,18H2,1-2H3,(H,33,36).